The molecule has 0 fully saturated rings. The second kappa shape index (κ2) is 6.63. The molecule has 0 radical (unpaired) electrons. The van der Waals surface area contributed by atoms with Crippen LogP contribution in [0.3, 0.4) is 0 Å². The van der Waals surface area contributed by atoms with Crippen LogP contribution in [0.25, 0.3) is 21.3 Å². The molecule has 4 rings (SSSR count). The van der Waals surface area contributed by atoms with Gasteiger partial charge in [0.05, 0.1) is 11.9 Å². The van der Waals surface area contributed by atoms with Crippen molar-refractivity contribution in [3.63, 3.8) is 0 Å². The van der Waals surface area contributed by atoms with Gasteiger partial charge in [0, 0.05) is 10.9 Å². The molecule has 27 heavy (non-hydrogen) atoms. The lowest BCUT2D eigenvalue weighted by molar-refractivity contribution is 0.621. The molecule has 0 saturated heterocycles. The molecule has 0 atom stereocenters. The van der Waals surface area contributed by atoms with Gasteiger partial charge < -0.3 is 0 Å². The topological polar surface area (TPSA) is 54.9 Å². The molecule has 6 heteroatoms. The Morgan fingerprint density at radius 3 is 2.63 bits per heavy atom. The SMILES string of the molecule is Cc1ccc(-c2csc3[nH]c(=O)n(Cc4cccc(F)c4)c(=O)c23)c(C)c1. The fourth-order valence-electron chi connectivity index (χ4n) is 3.33. The van der Waals surface area contributed by atoms with E-state index in [1.165, 1.54) is 23.5 Å². The molecular weight excluding hydrogens is 363 g/mol. The Morgan fingerprint density at radius 1 is 1.07 bits per heavy atom. The van der Waals surface area contributed by atoms with Gasteiger partial charge in [-0.1, -0.05) is 35.9 Å². The minimum Gasteiger partial charge on any atom is -0.298 e. The second-order valence-corrected chi connectivity index (χ2v) is 7.50. The van der Waals surface area contributed by atoms with Crippen molar-refractivity contribution < 1.29 is 4.39 Å². The Bertz CT molecular complexity index is 1280. The zero-order chi connectivity index (χ0) is 19.1. The summed E-state index contributed by atoms with van der Waals surface area (Å²) in [6, 6.07) is 12.0. The molecule has 0 aliphatic carbocycles. The van der Waals surface area contributed by atoms with Crippen molar-refractivity contribution in [1.29, 1.82) is 0 Å². The summed E-state index contributed by atoms with van der Waals surface area (Å²) in [5.74, 6) is -0.399. The lowest BCUT2D eigenvalue weighted by Crippen LogP contribution is -2.35. The van der Waals surface area contributed by atoms with E-state index in [1.807, 2.05) is 31.4 Å². The largest absolute Gasteiger partial charge is 0.329 e. The molecular formula is C21H17FN2O2S. The van der Waals surface area contributed by atoms with Gasteiger partial charge in [-0.2, -0.15) is 0 Å². The van der Waals surface area contributed by atoms with Gasteiger partial charge >= 0.3 is 5.69 Å². The van der Waals surface area contributed by atoms with Gasteiger partial charge in [-0.25, -0.2) is 9.18 Å². The number of hydrogen-bond donors (Lipinski definition) is 1. The molecule has 0 amide bonds. The van der Waals surface area contributed by atoms with E-state index in [-0.39, 0.29) is 12.1 Å². The van der Waals surface area contributed by atoms with Crippen molar-refractivity contribution in [2.24, 2.45) is 0 Å². The monoisotopic (exact) mass is 380 g/mol. The van der Waals surface area contributed by atoms with Crippen LogP contribution < -0.4 is 11.2 Å². The number of nitrogens with zero attached hydrogens (tertiary/aromatic N) is 1. The molecule has 0 unspecified atom stereocenters. The summed E-state index contributed by atoms with van der Waals surface area (Å²) in [6.07, 6.45) is 0. The molecule has 136 valence electrons. The van der Waals surface area contributed by atoms with Crippen LogP contribution in [-0.4, -0.2) is 9.55 Å². The number of aromatic nitrogens is 2. The fraction of sp³-hybridized carbons (Fsp3) is 0.143. The predicted molar refractivity (Wildman–Crippen MR) is 107 cm³/mol. The summed E-state index contributed by atoms with van der Waals surface area (Å²) in [4.78, 5) is 28.9. The average molecular weight is 380 g/mol. The van der Waals surface area contributed by atoms with Crippen LogP contribution in [0.1, 0.15) is 16.7 Å². The van der Waals surface area contributed by atoms with Gasteiger partial charge in [0.2, 0.25) is 0 Å². The average Bonchev–Trinajstić information content (AvgIpc) is 3.02. The van der Waals surface area contributed by atoms with Gasteiger partial charge in [0.1, 0.15) is 10.6 Å². The third kappa shape index (κ3) is 3.13. The van der Waals surface area contributed by atoms with E-state index in [1.54, 1.807) is 12.1 Å². The number of halogens is 1. The molecule has 0 spiro atoms. The molecule has 2 aromatic heterocycles. The number of fused-ring (bicyclic) bond motifs is 1. The van der Waals surface area contributed by atoms with Crippen molar-refractivity contribution in [3.8, 4) is 11.1 Å². The standard InChI is InChI=1S/C21H17FN2O2S/c1-12-6-7-16(13(2)8-12)17-11-27-19-18(17)20(25)24(21(26)23-19)10-14-4-3-5-15(22)9-14/h3-9,11H,10H2,1-2H3,(H,23,26). The number of hydrogen-bond acceptors (Lipinski definition) is 3. The summed E-state index contributed by atoms with van der Waals surface area (Å²) < 4.78 is 14.6. The van der Waals surface area contributed by atoms with Crippen molar-refractivity contribution in [1.82, 2.24) is 9.55 Å². The Morgan fingerprint density at radius 2 is 1.89 bits per heavy atom. The van der Waals surface area contributed by atoms with E-state index in [4.69, 9.17) is 0 Å². The number of thiophene rings is 1. The van der Waals surface area contributed by atoms with Crippen molar-refractivity contribution in [2.75, 3.05) is 0 Å². The number of benzene rings is 2. The van der Waals surface area contributed by atoms with E-state index in [9.17, 15) is 14.0 Å². The first-order valence-electron chi connectivity index (χ1n) is 8.50. The maximum Gasteiger partial charge on any atom is 0.329 e. The van der Waals surface area contributed by atoms with Gasteiger partial charge in [0.15, 0.2) is 0 Å². The van der Waals surface area contributed by atoms with Gasteiger partial charge in [-0.3, -0.25) is 14.3 Å². The van der Waals surface area contributed by atoms with E-state index >= 15 is 0 Å². The predicted octanol–water partition coefficient (Wildman–Crippen LogP) is 4.22. The first-order chi connectivity index (χ1) is 12.9. The molecule has 1 N–H and O–H groups in total. The normalized spacial score (nSPS) is 11.2. The minimum atomic E-state index is -0.495. The first-order valence-corrected chi connectivity index (χ1v) is 9.38. The molecule has 4 nitrogen and oxygen atoms in total. The minimum absolute atomic E-state index is 0.0179. The summed E-state index contributed by atoms with van der Waals surface area (Å²) >= 11 is 1.34. The Labute approximate surface area is 158 Å². The maximum absolute atomic E-state index is 13.5. The summed E-state index contributed by atoms with van der Waals surface area (Å²) in [6.45, 7) is 4.04. The fourth-order valence-corrected chi connectivity index (χ4v) is 4.27. The number of nitrogens with one attached hydrogen (secondary N) is 1. The molecule has 0 aliphatic heterocycles. The first kappa shape index (κ1) is 17.4. The third-order valence-corrected chi connectivity index (χ3v) is 5.51. The van der Waals surface area contributed by atoms with E-state index in [0.29, 0.717) is 15.8 Å². The lowest BCUT2D eigenvalue weighted by Gasteiger charge is -2.08. The van der Waals surface area contributed by atoms with E-state index in [2.05, 4.69) is 11.1 Å². The van der Waals surface area contributed by atoms with Crippen molar-refractivity contribution >= 4 is 21.6 Å². The quantitative estimate of drug-likeness (QED) is 0.578. The van der Waals surface area contributed by atoms with E-state index < -0.39 is 11.5 Å². The zero-order valence-corrected chi connectivity index (χ0v) is 15.7. The highest BCUT2D eigenvalue weighted by atomic mass is 32.1. The Kier molecular flexibility index (Phi) is 4.28. The summed E-state index contributed by atoms with van der Waals surface area (Å²) in [5, 5.41) is 2.38. The van der Waals surface area contributed by atoms with Crippen LogP contribution in [0.2, 0.25) is 0 Å². The smallest absolute Gasteiger partial charge is 0.298 e. The van der Waals surface area contributed by atoms with Gasteiger partial charge in [-0.05, 0) is 42.7 Å². The Hall–Kier alpha value is -2.99. The van der Waals surface area contributed by atoms with Crippen LogP contribution in [0.4, 0.5) is 4.39 Å². The number of aryl methyl sites for hydroxylation is 2. The molecule has 0 bridgehead atoms. The lowest BCUT2D eigenvalue weighted by atomic mass is 9.99. The highest BCUT2D eigenvalue weighted by molar-refractivity contribution is 7.17. The highest BCUT2D eigenvalue weighted by Gasteiger charge is 2.16. The van der Waals surface area contributed by atoms with Crippen LogP contribution in [-0.2, 0) is 6.54 Å². The Balaban J connectivity index is 1.92. The van der Waals surface area contributed by atoms with Gasteiger partial charge in [-0.15, -0.1) is 11.3 Å². The van der Waals surface area contributed by atoms with Crippen molar-refractivity contribution in [2.45, 2.75) is 20.4 Å². The number of rotatable bonds is 3. The van der Waals surface area contributed by atoms with Crippen LogP contribution in [0.15, 0.2) is 57.4 Å². The number of H-pyrrole nitrogens is 1. The van der Waals surface area contributed by atoms with Crippen molar-refractivity contribution in [3.05, 3.63) is 91.2 Å². The van der Waals surface area contributed by atoms with Gasteiger partial charge in [0.25, 0.3) is 5.56 Å². The zero-order valence-electron chi connectivity index (χ0n) is 14.9. The maximum atomic E-state index is 13.5. The van der Waals surface area contributed by atoms with Crippen LogP contribution in [0.5, 0.6) is 0 Å². The molecule has 0 saturated carbocycles. The van der Waals surface area contributed by atoms with E-state index in [0.717, 1.165) is 26.8 Å². The molecule has 0 aliphatic rings. The van der Waals surface area contributed by atoms with Crippen LogP contribution in [0, 0.1) is 19.7 Å². The molecule has 2 heterocycles. The number of aromatic amines is 1. The summed E-state index contributed by atoms with van der Waals surface area (Å²) in [7, 11) is 0. The highest BCUT2D eigenvalue weighted by Crippen LogP contribution is 2.32. The second-order valence-electron chi connectivity index (χ2n) is 6.62. The summed E-state index contributed by atoms with van der Waals surface area (Å²) in [5.41, 5.74) is 3.69. The van der Waals surface area contributed by atoms with Crippen LogP contribution >= 0.6 is 11.3 Å². The molecule has 2 aromatic carbocycles. The third-order valence-electron chi connectivity index (χ3n) is 4.62. The molecule has 4 aromatic rings.